The van der Waals surface area contributed by atoms with Crippen molar-refractivity contribution in [1.29, 1.82) is 0 Å². The van der Waals surface area contributed by atoms with Gasteiger partial charge < -0.3 is 4.90 Å². The summed E-state index contributed by atoms with van der Waals surface area (Å²) >= 11 is 4.40. The van der Waals surface area contributed by atoms with Crippen molar-refractivity contribution in [2.24, 2.45) is 5.92 Å². The minimum Gasteiger partial charge on any atom is -0.338 e. The van der Waals surface area contributed by atoms with Crippen molar-refractivity contribution in [2.45, 2.75) is 50.3 Å². The molecule has 1 aliphatic carbocycles. The van der Waals surface area contributed by atoms with Gasteiger partial charge in [0.25, 0.3) is 0 Å². The van der Waals surface area contributed by atoms with Crippen LogP contribution >= 0.6 is 12.6 Å². The van der Waals surface area contributed by atoms with Gasteiger partial charge in [0.1, 0.15) is 0 Å². The predicted molar refractivity (Wildman–Crippen MR) is 60.5 cm³/mol. The fourth-order valence-corrected chi connectivity index (χ4v) is 3.12. The van der Waals surface area contributed by atoms with Crippen LogP contribution in [0.25, 0.3) is 0 Å². The largest absolute Gasteiger partial charge is 0.338 e. The molecule has 1 aliphatic heterocycles. The number of likely N-dealkylation sites (tertiary alicyclic amines) is 1. The molecular weight excluding hydrogens is 194 g/mol. The van der Waals surface area contributed by atoms with Gasteiger partial charge in [-0.2, -0.15) is 12.6 Å². The van der Waals surface area contributed by atoms with Crippen LogP contribution in [0.5, 0.6) is 0 Å². The van der Waals surface area contributed by atoms with Gasteiger partial charge in [-0.1, -0.05) is 19.8 Å². The Balaban J connectivity index is 2.02. The molecule has 1 heterocycles. The summed E-state index contributed by atoms with van der Waals surface area (Å²) in [5.74, 6) is 1.01. The average molecular weight is 213 g/mol. The van der Waals surface area contributed by atoms with Gasteiger partial charge in [-0.25, -0.2) is 0 Å². The third kappa shape index (κ3) is 1.92. The van der Waals surface area contributed by atoms with Gasteiger partial charge in [-0.15, -0.1) is 0 Å². The molecule has 0 bridgehead atoms. The molecule has 0 spiro atoms. The van der Waals surface area contributed by atoms with Crippen molar-refractivity contribution in [3.63, 3.8) is 0 Å². The maximum Gasteiger partial charge on any atom is 0.224 e. The van der Waals surface area contributed by atoms with Crippen LogP contribution in [0.3, 0.4) is 0 Å². The molecule has 2 fully saturated rings. The van der Waals surface area contributed by atoms with E-state index in [1.54, 1.807) is 0 Å². The van der Waals surface area contributed by atoms with E-state index in [1.807, 2.05) is 0 Å². The highest BCUT2D eigenvalue weighted by Gasteiger charge is 2.35. The second kappa shape index (κ2) is 4.13. The van der Waals surface area contributed by atoms with Crippen molar-refractivity contribution in [3.05, 3.63) is 0 Å². The van der Waals surface area contributed by atoms with Crippen molar-refractivity contribution in [1.82, 2.24) is 4.90 Å². The van der Waals surface area contributed by atoms with Crippen LogP contribution < -0.4 is 0 Å². The lowest BCUT2D eigenvalue weighted by Gasteiger charge is -2.36. The first-order chi connectivity index (χ1) is 6.68. The summed E-state index contributed by atoms with van der Waals surface area (Å²) < 4.78 is 0. The van der Waals surface area contributed by atoms with Crippen LogP contribution in [0.15, 0.2) is 0 Å². The van der Waals surface area contributed by atoms with E-state index in [-0.39, 0.29) is 5.25 Å². The molecular formula is C11H19NOS. The number of thiol groups is 1. The Hall–Kier alpha value is -0.180. The van der Waals surface area contributed by atoms with Crippen LogP contribution in [-0.4, -0.2) is 28.6 Å². The van der Waals surface area contributed by atoms with E-state index in [1.165, 1.54) is 25.7 Å². The number of carbonyl (C=O) groups is 1. The molecule has 1 saturated heterocycles. The van der Waals surface area contributed by atoms with Gasteiger partial charge in [0.05, 0.1) is 0 Å². The number of carbonyl (C=O) groups excluding carboxylic acids is 1. The number of amides is 1. The summed E-state index contributed by atoms with van der Waals surface area (Å²) in [5, 5.41) is 0.275. The maximum absolute atomic E-state index is 11.7. The van der Waals surface area contributed by atoms with Crippen LogP contribution in [-0.2, 0) is 4.79 Å². The highest BCUT2D eigenvalue weighted by atomic mass is 32.1. The average Bonchev–Trinajstić information content (AvgIpc) is 2.46. The Kier molecular flexibility index (Phi) is 3.05. The molecule has 0 radical (unpaired) electrons. The molecule has 2 nitrogen and oxygen atoms in total. The zero-order chi connectivity index (χ0) is 10.1. The molecule has 2 aliphatic rings. The molecule has 80 valence electrons. The third-order valence-electron chi connectivity index (χ3n) is 3.60. The van der Waals surface area contributed by atoms with E-state index in [2.05, 4.69) is 24.5 Å². The molecule has 0 N–H and O–H groups in total. The van der Waals surface area contributed by atoms with Crippen LogP contribution in [0.4, 0.5) is 0 Å². The lowest BCUT2D eigenvalue weighted by molar-refractivity contribution is -0.131. The highest BCUT2D eigenvalue weighted by molar-refractivity contribution is 7.81. The molecule has 2 rings (SSSR count). The van der Waals surface area contributed by atoms with Crippen LogP contribution in [0.1, 0.15) is 39.0 Å². The maximum atomic E-state index is 11.7. The summed E-state index contributed by atoms with van der Waals surface area (Å²) in [6, 6.07) is 0.508. The first-order valence-electron chi connectivity index (χ1n) is 5.66. The first kappa shape index (κ1) is 10.3. The Morgan fingerprint density at radius 3 is 2.64 bits per heavy atom. The molecule has 3 unspecified atom stereocenters. The monoisotopic (exact) mass is 213 g/mol. The molecule has 0 aromatic rings. The van der Waals surface area contributed by atoms with Crippen LogP contribution in [0, 0.1) is 5.92 Å². The Labute approximate surface area is 91.5 Å². The van der Waals surface area contributed by atoms with Gasteiger partial charge in [-0.05, 0) is 18.8 Å². The van der Waals surface area contributed by atoms with Crippen LogP contribution in [0.2, 0.25) is 0 Å². The van der Waals surface area contributed by atoms with Gasteiger partial charge in [0, 0.05) is 24.3 Å². The molecule has 0 aromatic carbocycles. The first-order valence-corrected chi connectivity index (χ1v) is 6.17. The second-order valence-electron chi connectivity index (χ2n) is 4.73. The standard InChI is InChI=1S/C11H19NOS/c1-8-4-2-3-5-10(8)12-7-9(14)6-11(12)13/h8-10,14H,2-7H2,1H3. The van der Waals surface area contributed by atoms with Crippen molar-refractivity contribution in [3.8, 4) is 0 Å². The van der Waals surface area contributed by atoms with Gasteiger partial charge in [0.15, 0.2) is 0 Å². The van der Waals surface area contributed by atoms with Gasteiger partial charge in [-0.3, -0.25) is 4.79 Å². The summed E-state index contributed by atoms with van der Waals surface area (Å²) in [6.45, 7) is 3.15. The molecule has 1 saturated carbocycles. The van der Waals surface area contributed by atoms with Gasteiger partial charge >= 0.3 is 0 Å². The summed E-state index contributed by atoms with van der Waals surface area (Å²) in [7, 11) is 0. The molecule has 3 heteroatoms. The number of nitrogens with zero attached hydrogens (tertiary/aromatic N) is 1. The Bertz CT molecular complexity index is 231. The SMILES string of the molecule is CC1CCCCC1N1CC(S)CC1=O. The normalized spacial score (nSPS) is 39.1. The second-order valence-corrected chi connectivity index (χ2v) is 5.46. The zero-order valence-corrected chi connectivity index (χ0v) is 9.67. The molecule has 0 aromatic heterocycles. The lowest BCUT2D eigenvalue weighted by Crippen LogP contribution is -2.42. The number of rotatable bonds is 1. The van der Waals surface area contributed by atoms with E-state index in [4.69, 9.17) is 0 Å². The topological polar surface area (TPSA) is 20.3 Å². The Morgan fingerprint density at radius 2 is 2.07 bits per heavy atom. The Morgan fingerprint density at radius 1 is 1.36 bits per heavy atom. The van der Waals surface area contributed by atoms with Crippen molar-refractivity contribution < 1.29 is 4.79 Å². The van der Waals surface area contributed by atoms with E-state index in [9.17, 15) is 4.79 Å². The van der Waals surface area contributed by atoms with E-state index in [0.717, 1.165) is 6.54 Å². The van der Waals surface area contributed by atoms with E-state index in [0.29, 0.717) is 24.3 Å². The zero-order valence-electron chi connectivity index (χ0n) is 8.78. The molecule has 3 atom stereocenters. The quantitative estimate of drug-likeness (QED) is 0.661. The van der Waals surface area contributed by atoms with E-state index >= 15 is 0 Å². The minimum absolute atomic E-state index is 0.275. The minimum atomic E-state index is 0.275. The fourth-order valence-electron chi connectivity index (χ4n) is 2.79. The lowest BCUT2D eigenvalue weighted by atomic mass is 9.85. The van der Waals surface area contributed by atoms with Crippen molar-refractivity contribution >= 4 is 18.5 Å². The summed E-state index contributed by atoms with van der Waals surface area (Å²) in [5.41, 5.74) is 0. The molecule has 14 heavy (non-hydrogen) atoms. The fraction of sp³-hybridized carbons (Fsp3) is 0.909. The number of hydrogen-bond donors (Lipinski definition) is 1. The predicted octanol–water partition coefficient (Wildman–Crippen LogP) is 2.10. The number of hydrogen-bond acceptors (Lipinski definition) is 2. The van der Waals surface area contributed by atoms with Gasteiger partial charge in [0.2, 0.25) is 5.91 Å². The highest BCUT2D eigenvalue weighted by Crippen LogP contribution is 2.31. The third-order valence-corrected chi connectivity index (χ3v) is 3.95. The van der Waals surface area contributed by atoms with Crippen molar-refractivity contribution in [2.75, 3.05) is 6.54 Å². The smallest absolute Gasteiger partial charge is 0.224 e. The molecule has 1 amide bonds. The summed E-state index contributed by atoms with van der Waals surface area (Å²) in [4.78, 5) is 13.8. The summed E-state index contributed by atoms with van der Waals surface area (Å²) in [6.07, 6.45) is 5.76. The van der Waals surface area contributed by atoms with E-state index < -0.39 is 0 Å².